The first-order valence-corrected chi connectivity index (χ1v) is 10.7. The molecule has 0 amide bonds. The first-order chi connectivity index (χ1) is 11.4. The second kappa shape index (κ2) is 5.89. The zero-order valence-electron chi connectivity index (χ0n) is 14.9. The Balaban J connectivity index is 1.59. The number of aliphatic hydroxyl groups is 2. The average molecular weight is 350 g/mol. The summed E-state index contributed by atoms with van der Waals surface area (Å²) >= 11 is 1.28. The fraction of sp³-hybridized carbons (Fsp3) is 0.950. The number of hydrogen-bond donors (Lipinski definition) is 2. The molecule has 0 aromatic heterocycles. The van der Waals surface area contributed by atoms with Crippen LogP contribution in [0.15, 0.2) is 0 Å². The third-order valence-corrected chi connectivity index (χ3v) is 9.73. The van der Waals surface area contributed by atoms with Crippen LogP contribution in [0.4, 0.5) is 0 Å². The van der Waals surface area contributed by atoms with Crippen molar-refractivity contribution < 1.29 is 10.2 Å². The van der Waals surface area contributed by atoms with E-state index in [0.29, 0.717) is 17.8 Å². The molecule has 4 rings (SSSR count). The summed E-state index contributed by atoms with van der Waals surface area (Å²) in [6, 6.07) is 0. The van der Waals surface area contributed by atoms with Gasteiger partial charge in [-0.3, -0.25) is 0 Å². The van der Waals surface area contributed by atoms with Crippen LogP contribution in [0.25, 0.3) is 0 Å². The summed E-state index contributed by atoms with van der Waals surface area (Å²) in [4.78, 5) is 0. The molecule has 134 valence electrons. The van der Waals surface area contributed by atoms with Gasteiger partial charge in [0.2, 0.25) is 0 Å². The minimum Gasteiger partial charge on any atom is -0.393 e. The molecule has 0 aromatic carbocycles. The largest absolute Gasteiger partial charge is 0.393 e. The van der Waals surface area contributed by atoms with Crippen molar-refractivity contribution in [1.82, 2.24) is 0 Å². The van der Waals surface area contributed by atoms with E-state index in [9.17, 15) is 10.2 Å². The number of nitrogens with zero attached hydrogens (tertiary/aromatic N) is 1. The summed E-state index contributed by atoms with van der Waals surface area (Å²) in [7, 11) is 0. The fourth-order valence-electron chi connectivity index (χ4n) is 7.43. The van der Waals surface area contributed by atoms with Gasteiger partial charge in [-0.25, -0.2) is 0 Å². The molecule has 0 saturated heterocycles. The molecular weight excluding hydrogens is 318 g/mol. The lowest BCUT2D eigenvalue weighted by Gasteiger charge is -2.61. The van der Waals surface area contributed by atoms with Crippen LogP contribution < -0.4 is 0 Å². The van der Waals surface area contributed by atoms with E-state index in [0.717, 1.165) is 31.6 Å². The number of hydrogen-bond acceptors (Lipinski definition) is 4. The predicted molar refractivity (Wildman–Crippen MR) is 96.1 cm³/mol. The van der Waals surface area contributed by atoms with Gasteiger partial charge >= 0.3 is 0 Å². The van der Waals surface area contributed by atoms with E-state index in [1.807, 2.05) is 0 Å². The molecule has 9 atom stereocenters. The molecule has 24 heavy (non-hydrogen) atoms. The van der Waals surface area contributed by atoms with Gasteiger partial charge in [0.05, 0.1) is 12.2 Å². The SMILES string of the molecule is CC12CCC3C(CCC4CC(SC#N)C(O)CC43C)C1CCC2O. The quantitative estimate of drug-likeness (QED) is 0.704. The summed E-state index contributed by atoms with van der Waals surface area (Å²) < 4.78 is 0. The van der Waals surface area contributed by atoms with E-state index in [1.54, 1.807) is 0 Å². The Morgan fingerprint density at radius 2 is 1.75 bits per heavy atom. The van der Waals surface area contributed by atoms with Crippen molar-refractivity contribution in [2.24, 2.45) is 34.5 Å². The summed E-state index contributed by atoms with van der Waals surface area (Å²) in [5.74, 6) is 2.76. The second-order valence-corrected chi connectivity index (χ2v) is 10.6. The van der Waals surface area contributed by atoms with Crippen molar-refractivity contribution in [3.05, 3.63) is 0 Å². The molecule has 4 fully saturated rings. The van der Waals surface area contributed by atoms with Gasteiger partial charge in [0.25, 0.3) is 0 Å². The molecule has 4 aliphatic rings. The van der Waals surface area contributed by atoms with E-state index in [2.05, 4.69) is 19.2 Å². The van der Waals surface area contributed by atoms with Crippen molar-refractivity contribution in [2.75, 3.05) is 0 Å². The van der Waals surface area contributed by atoms with Gasteiger partial charge in [0.1, 0.15) is 5.40 Å². The Labute approximate surface area is 150 Å². The predicted octanol–water partition coefficient (Wildman–Crippen LogP) is 3.94. The molecule has 4 heteroatoms. The lowest BCUT2D eigenvalue weighted by atomic mass is 9.45. The Bertz CT molecular complexity index is 548. The molecule has 9 unspecified atom stereocenters. The first-order valence-electron chi connectivity index (χ1n) is 9.81. The molecule has 4 saturated carbocycles. The van der Waals surface area contributed by atoms with E-state index >= 15 is 0 Å². The van der Waals surface area contributed by atoms with Crippen molar-refractivity contribution >= 4 is 11.8 Å². The molecule has 0 radical (unpaired) electrons. The smallest absolute Gasteiger partial charge is 0.133 e. The lowest BCUT2D eigenvalue weighted by molar-refractivity contribution is -0.135. The minimum absolute atomic E-state index is 0.104. The van der Waals surface area contributed by atoms with E-state index in [-0.39, 0.29) is 28.3 Å². The fourth-order valence-corrected chi connectivity index (χ4v) is 8.14. The maximum absolute atomic E-state index is 10.7. The van der Waals surface area contributed by atoms with Crippen LogP contribution in [0.5, 0.6) is 0 Å². The number of rotatable bonds is 1. The zero-order valence-corrected chi connectivity index (χ0v) is 15.8. The van der Waals surface area contributed by atoms with Crippen LogP contribution in [0.2, 0.25) is 0 Å². The average Bonchev–Trinajstić information content (AvgIpc) is 2.84. The van der Waals surface area contributed by atoms with E-state index < -0.39 is 0 Å². The third kappa shape index (κ3) is 2.31. The number of thioether (sulfide) groups is 1. The topological polar surface area (TPSA) is 64.2 Å². The highest BCUT2D eigenvalue weighted by atomic mass is 32.2. The first kappa shape index (κ1) is 17.2. The van der Waals surface area contributed by atoms with Crippen molar-refractivity contribution in [2.45, 2.75) is 82.7 Å². The highest BCUT2D eigenvalue weighted by molar-refractivity contribution is 8.04. The Morgan fingerprint density at radius 3 is 2.50 bits per heavy atom. The minimum atomic E-state index is -0.336. The van der Waals surface area contributed by atoms with Gasteiger partial charge in [-0.05, 0) is 97.6 Å². The summed E-state index contributed by atoms with van der Waals surface area (Å²) in [5.41, 5.74) is 0.362. The highest BCUT2D eigenvalue weighted by Crippen LogP contribution is 2.66. The lowest BCUT2D eigenvalue weighted by Crippen LogP contribution is -2.56. The number of fused-ring (bicyclic) bond motifs is 5. The highest BCUT2D eigenvalue weighted by Gasteiger charge is 2.60. The van der Waals surface area contributed by atoms with Gasteiger partial charge in [-0.2, -0.15) is 5.26 Å². The maximum Gasteiger partial charge on any atom is 0.133 e. The van der Waals surface area contributed by atoms with Gasteiger partial charge in [-0.15, -0.1) is 0 Å². The molecule has 0 heterocycles. The maximum atomic E-state index is 10.7. The van der Waals surface area contributed by atoms with Crippen LogP contribution in [0, 0.1) is 45.2 Å². The number of thiocyanates is 1. The van der Waals surface area contributed by atoms with Gasteiger partial charge in [-0.1, -0.05) is 13.8 Å². The standard InChI is InChI=1S/C20H31NO2S/c1-19-8-7-15-13(14(19)5-6-18(19)23)4-3-12-9-17(24-11-21)16(22)10-20(12,15)2/h12-18,22-23H,3-10H2,1-2H3. The Kier molecular flexibility index (Phi) is 4.22. The van der Waals surface area contributed by atoms with E-state index in [1.165, 1.54) is 37.4 Å². The van der Waals surface area contributed by atoms with Crippen LogP contribution in [0.1, 0.15) is 65.2 Å². The van der Waals surface area contributed by atoms with Crippen LogP contribution in [-0.4, -0.2) is 27.7 Å². The molecule has 0 aliphatic heterocycles. The summed E-state index contributed by atoms with van der Waals surface area (Å²) in [6.45, 7) is 4.76. The normalized spacial score (nSPS) is 56.7. The van der Waals surface area contributed by atoms with Crippen molar-refractivity contribution in [1.29, 1.82) is 5.26 Å². The van der Waals surface area contributed by atoms with Crippen molar-refractivity contribution in [3.8, 4) is 5.40 Å². The monoisotopic (exact) mass is 349 g/mol. The third-order valence-electron chi connectivity index (χ3n) is 8.81. The van der Waals surface area contributed by atoms with Gasteiger partial charge < -0.3 is 10.2 Å². The van der Waals surface area contributed by atoms with Crippen LogP contribution in [0.3, 0.4) is 0 Å². The van der Waals surface area contributed by atoms with Crippen LogP contribution in [-0.2, 0) is 0 Å². The Hall–Kier alpha value is -0.240. The molecular formula is C20H31NO2S. The van der Waals surface area contributed by atoms with Gasteiger partial charge in [0, 0.05) is 5.25 Å². The molecule has 3 nitrogen and oxygen atoms in total. The number of nitriles is 1. The van der Waals surface area contributed by atoms with Gasteiger partial charge in [0.15, 0.2) is 0 Å². The summed E-state index contributed by atoms with van der Waals surface area (Å²) in [5, 5.41) is 32.5. The van der Waals surface area contributed by atoms with Crippen molar-refractivity contribution in [3.63, 3.8) is 0 Å². The van der Waals surface area contributed by atoms with E-state index in [4.69, 9.17) is 5.26 Å². The molecule has 0 spiro atoms. The molecule has 0 bridgehead atoms. The second-order valence-electron chi connectivity index (χ2n) is 9.55. The molecule has 4 aliphatic carbocycles. The number of aliphatic hydroxyl groups excluding tert-OH is 2. The Morgan fingerprint density at radius 1 is 1.00 bits per heavy atom. The zero-order chi connectivity index (χ0) is 17.1. The molecule has 2 N–H and O–H groups in total. The summed E-state index contributed by atoms with van der Waals surface area (Å²) in [6.07, 6.45) is 8.49. The van der Waals surface area contributed by atoms with Crippen LogP contribution >= 0.6 is 11.8 Å². The molecule has 0 aromatic rings.